The third-order valence-electron chi connectivity index (χ3n) is 3.96. The van der Waals surface area contributed by atoms with Crippen LogP contribution in [0.4, 0.5) is 4.79 Å². The van der Waals surface area contributed by atoms with Crippen molar-refractivity contribution in [2.75, 3.05) is 13.5 Å². The highest BCUT2D eigenvalue weighted by Gasteiger charge is 2.24. The smallest absolute Gasteiger partial charge is 0.437 e. The van der Waals surface area contributed by atoms with Gasteiger partial charge in [-0.15, -0.1) is 11.6 Å². The van der Waals surface area contributed by atoms with Crippen LogP contribution < -0.4 is 11.1 Å². The summed E-state index contributed by atoms with van der Waals surface area (Å²) >= 11 is 0. The molecule has 0 unspecified atom stereocenters. The number of carbonyl (C=O) groups is 3. The van der Waals surface area contributed by atoms with Gasteiger partial charge >= 0.3 is 12.1 Å². The van der Waals surface area contributed by atoms with Gasteiger partial charge in [0.2, 0.25) is 17.8 Å². The van der Waals surface area contributed by atoms with Gasteiger partial charge in [-0.25, -0.2) is 9.80 Å². The van der Waals surface area contributed by atoms with Gasteiger partial charge < -0.3 is 15.6 Å². The molecule has 174 valence electrons. The minimum Gasteiger partial charge on any atom is -0.480 e. The summed E-state index contributed by atoms with van der Waals surface area (Å²) in [6.45, 7) is -0.775. The second-order valence-electron chi connectivity index (χ2n) is 6.56. The predicted octanol–water partition coefficient (Wildman–Crippen LogP) is 2.06. The molecule has 0 bridgehead atoms. The molecule has 1 rings (SSSR count). The molecule has 0 aliphatic rings. The van der Waals surface area contributed by atoms with Crippen LogP contribution >= 0.6 is 0 Å². The SMILES string of the molecule is [2H]C([2H])([2H])N(C(=N)N)N(CC(=O)O)C(=NC(=O)OCc1ccccc1)NC(=O)CCCCCC=C. The van der Waals surface area contributed by atoms with E-state index in [4.69, 9.17) is 20.0 Å². The highest BCUT2D eigenvalue weighted by molar-refractivity contribution is 6.02. The van der Waals surface area contributed by atoms with E-state index in [-0.39, 0.29) is 18.0 Å². The highest BCUT2D eigenvalue weighted by atomic mass is 16.5. The molecule has 1 aromatic carbocycles. The van der Waals surface area contributed by atoms with Gasteiger partial charge in [0.1, 0.15) is 13.2 Å². The summed E-state index contributed by atoms with van der Waals surface area (Å²) in [5.41, 5.74) is 6.02. The van der Waals surface area contributed by atoms with Gasteiger partial charge in [0.05, 0.1) is 0 Å². The first-order chi connectivity index (χ1) is 16.5. The fraction of sp³-hybridized carbons (Fsp3) is 0.381. The number of benzene rings is 1. The lowest BCUT2D eigenvalue weighted by molar-refractivity contribution is -0.139. The maximum Gasteiger partial charge on any atom is 0.437 e. The van der Waals surface area contributed by atoms with Crippen molar-refractivity contribution in [2.24, 2.45) is 10.7 Å². The Labute approximate surface area is 191 Å². The van der Waals surface area contributed by atoms with Crippen LogP contribution in [0.15, 0.2) is 48.0 Å². The van der Waals surface area contributed by atoms with Crippen LogP contribution in [0.1, 0.15) is 41.8 Å². The summed E-state index contributed by atoms with van der Waals surface area (Å²) in [5, 5.41) is 19.8. The number of nitrogens with zero attached hydrogens (tertiary/aromatic N) is 3. The highest BCUT2D eigenvalue weighted by Crippen LogP contribution is 2.06. The van der Waals surface area contributed by atoms with Gasteiger partial charge in [0.25, 0.3) is 0 Å². The fourth-order valence-corrected chi connectivity index (χ4v) is 2.42. The van der Waals surface area contributed by atoms with E-state index in [1.165, 1.54) is 0 Å². The molecule has 0 spiro atoms. The molecular formula is C21H30N6O5. The van der Waals surface area contributed by atoms with Gasteiger partial charge in [-0.1, -0.05) is 42.8 Å². The number of nitrogens with one attached hydrogen (secondary N) is 2. The summed E-state index contributed by atoms with van der Waals surface area (Å²) < 4.78 is 27.9. The van der Waals surface area contributed by atoms with Crippen molar-refractivity contribution in [3.05, 3.63) is 48.6 Å². The van der Waals surface area contributed by atoms with E-state index in [1.807, 2.05) is 0 Å². The molecule has 1 aromatic rings. The zero-order valence-corrected chi connectivity index (χ0v) is 17.6. The molecule has 5 N–H and O–H groups in total. The standard InChI is InChI=1S/C21H30N6O5/c1-3-4-5-6-10-13-17(28)24-20(27(14-18(29)30)26(2)19(22)23)25-21(31)32-15-16-11-8-7-9-12-16/h3,7-9,11-12H,1,4-6,10,13-15H2,2H3,(H3,22,23)(H,29,30)(H,24,25,28,31)/i2D3. The molecule has 11 nitrogen and oxygen atoms in total. The summed E-state index contributed by atoms with van der Waals surface area (Å²) in [5.74, 6) is -4.00. The minimum absolute atomic E-state index is 0.00994. The number of ether oxygens (including phenoxy) is 1. The molecule has 0 aliphatic carbocycles. The number of carboxylic acid groups (broad SMARTS) is 1. The fourth-order valence-electron chi connectivity index (χ4n) is 2.42. The first kappa shape index (κ1) is 21.3. The third-order valence-corrected chi connectivity index (χ3v) is 3.96. The number of hydrogen-bond donors (Lipinski definition) is 4. The lowest BCUT2D eigenvalue weighted by atomic mass is 10.1. The molecular weight excluding hydrogens is 416 g/mol. The van der Waals surface area contributed by atoms with E-state index in [0.29, 0.717) is 23.4 Å². The number of rotatable bonds is 10. The summed E-state index contributed by atoms with van der Waals surface area (Å²) in [4.78, 5) is 39.9. The molecule has 0 aliphatic heterocycles. The molecule has 0 fully saturated rings. The Kier molecular flexibility index (Phi) is 9.45. The van der Waals surface area contributed by atoms with Crippen LogP contribution in [0.2, 0.25) is 0 Å². The van der Waals surface area contributed by atoms with Crippen molar-refractivity contribution in [1.82, 2.24) is 15.3 Å². The number of amides is 2. The van der Waals surface area contributed by atoms with Gasteiger partial charge in [-0.3, -0.25) is 25.3 Å². The van der Waals surface area contributed by atoms with Crippen molar-refractivity contribution >= 4 is 29.9 Å². The van der Waals surface area contributed by atoms with Crippen molar-refractivity contribution in [3.63, 3.8) is 0 Å². The minimum atomic E-state index is -3.13. The molecule has 0 saturated carbocycles. The van der Waals surface area contributed by atoms with Crippen molar-refractivity contribution in [3.8, 4) is 0 Å². The van der Waals surface area contributed by atoms with Crippen LogP contribution in [0.3, 0.4) is 0 Å². The normalized spacial score (nSPS) is 12.5. The molecule has 0 radical (unpaired) electrons. The number of nitrogens with two attached hydrogens (primary N) is 1. The topological polar surface area (TPSA) is 161 Å². The number of aliphatic imine (C=N–C) groups is 1. The predicted molar refractivity (Wildman–Crippen MR) is 120 cm³/mol. The molecule has 0 atom stereocenters. The zero-order chi connectivity index (χ0) is 26.4. The first-order valence-electron chi connectivity index (χ1n) is 11.3. The maximum atomic E-state index is 12.5. The Bertz CT molecular complexity index is 924. The molecule has 0 aromatic heterocycles. The molecule has 11 heteroatoms. The molecule has 0 saturated heterocycles. The number of carbonyl (C=O) groups excluding carboxylic acids is 2. The van der Waals surface area contributed by atoms with Gasteiger partial charge in [0.15, 0.2) is 0 Å². The van der Waals surface area contributed by atoms with Crippen molar-refractivity contribution in [1.29, 1.82) is 5.41 Å². The second kappa shape index (κ2) is 14.2. The Morgan fingerprint density at radius 2 is 2.03 bits per heavy atom. The van der Waals surface area contributed by atoms with E-state index in [0.717, 1.165) is 12.8 Å². The van der Waals surface area contributed by atoms with Crippen LogP contribution in [-0.2, 0) is 20.9 Å². The van der Waals surface area contributed by atoms with E-state index in [2.05, 4.69) is 16.9 Å². The number of unbranched alkanes of at least 4 members (excludes halogenated alkanes) is 3. The number of carboxylic acids is 1. The Balaban J connectivity index is 3.21. The van der Waals surface area contributed by atoms with Crippen LogP contribution in [0.5, 0.6) is 0 Å². The first-order valence-corrected chi connectivity index (χ1v) is 9.79. The zero-order valence-electron chi connectivity index (χ0n) is 20.6. The number of aliphatic carboxylic acids is 1. The number of allylic oxidation sites excluding steroid dienone is 1. The van der Waals surface area contributed by atoms with Crippen molar-refractivity contribution < 1.29 is 28.3 Å². The van der Waals surface area contributed by atoms with Crippen molar-refractivity contribution in [2.45, 2.75) is 38.7 Å². The Morgan fingerprint density at radius 1 is 1.31 bits per heavy atom. The van der Waals surface area contributed by atoms with E-state index < -0.39 is 43.4 Å². The monoisotopic (exact) mass is 449 g/mol. The molecule has 2 amide bonds. The Hall–Kier alpha value is -3.89. The molecule has 32 heavy (non-hydrogen) atoms. The molecule has 0 heterocycles. The van der Waals surface area contributed by atoms with E-state index in [9.17, 15) is 19.5 Å². The number of hydrogen-bond acceptors (Lipinski definition) is 5. The van der Waals surface area contributed by atoms with Gasteiger partial charge in [0, 0.05) is 17.5 Å². The lowest BCUT2D eigenvalue weighted by Crippen LogP contribution is -2.57. The second-order valence-corrected chi connectivity index (χ2v) is 6.56. The Morgan fingerprint density at radius 3 is 2.62 bits per heavy atom. The van der Waals surface area contributed by atoms with E-state index >= 15 is 0 Å². The van der Waals surface area contributed by atoms with Gasteiger partial charge in [-0.05, 0) is 24.8 Å². The number of guanidine groups is 2. The third kappa shape index (κ3) is 10.2. The van der Waals surface area contributed by atoms with Crippen LogP contribution in [0.25, 0.3) is 0 Å². The largest absolute Gasteiger partial charge is 0.480 e. The number of hydrazine groups is 1. The van der Waals surface area contributed by atoms with Crippen LogP contribution in [-0.4, -0.2) is 58.5 Å². The quantitative estimate of drug-likeness (QED) is 0.139. The van der Waals surface area contributed by atoms with E-state index in [1.54, 1.807) is 36.4 Å². The summed E-state index contributed by atoms with van der Waals surface area (Å²) in [6, 6.07) is 8.60. The maximum absolute atomic E-state index is 12.5. The lowest BCUT2D eigenvalue weighted by Gasteiger charge is -2.32. The average molecular weight is 450 g/mol. The van der Waals surface area contributed by atoms with Gasteiger partial charge in [-0.2, -0.15) is 0 Å². The van der Waals surface area contributed by atoms with Crippen LogP contribution in [0, 0.1) is 5.41 Å². The summed E-state index contributed by atoms with van der Waals surface area (Å²) in [7, 11) is 0. The summed E-state index contributed by atoms with van der Waals surface area (Å²) in [6.07, 6.45) is 3.29. The average Bonchev–Trinajstić information content (AvgIpc) is 2.76.